The number of hydrogen-bond donors (Lipinski definition) is 2. The van der Waals surface area contributed by atoms with E-state index in [1.165, 1.54) is 6.21 Å². The largest absolute Gasteiger partial charge is 0.496 e. The second-order valence-electron chi connectivity index (χ2n) is 5.84. The predicted molar refractivity (Wildman–Crippen MR) is 117 cm³/mol. The maximum absolute atomic E-state index is 12.3. The number of nitrogens with one attached hydrogen (secondary N) is 2. The second kappa shape index (κ2) is 9.78. The van der Waals surface area contributed by atoms with Crippen molar-refractivity contribution in [3.8, 4) is 5.75 Å². The van der Waals surface area contributed by atoms with Crippen LogP contribution >= 0.6 is 35.0 Å². The van der Waals surface area contributed by atoms with Crippen LogP contribution in [0.5, 0.6) is 5.75 Å². The highest BCUT2D eigenvalue weighted by molar-refractivity contribution is 8.15. The number of benzene rings is 2. The van der Waals surface area contributed by atoms with Gasteiger partial charge < -0.3 is 15.4 Å². The number of halogens is 2. The maximum atomic E-state index is 12.3. The molecule has 10 heteroatoms. The molecule has 0 radical (unpaired) electrons. The van der Waals surface area contributed by atoms with Crippen molar-refractivity contribution in [2.75, 3.05) is 12.4 Å². The van der Waals surface area contributed by atoms with Crippen LogP contribution < -0.4 is 15.4 Å². The normalized spacial score (nSPS) is 17.6. The first-order chi connectivity index (χ1) is 14.0. The number of anilines is 1. The Labute approximate surface area is 181 Å². The van der Waals surface area contributed by atoms with Gasteiger partial charge in [0, 0.05) is 12.0 Å². The smallest absolute Gasteiger partial charge is 0.240 e. The zero-order valence-corrected chi connectivity index (χ0v) is 17.5. The SMILES string of the molecule is COc1ccccc1/C=N/N=C1\NC(=O)C(CC(=O)Nc2cccc(Cl)c2Cl)S1. The molecule has 2 aromatic carbocycles. The fourth-order valence-electron chi connectivity index (χ4n) is 2.47. The Balaban J connectivity index is 1.59. The molecule has 0 bridgehead atoms. The molecule has 1 atom stereocenters. The van der Waals surface area contributed by atoms with Gasteiger partial charge in [-0.25, -0.2) is 0 Å². The van der Waals surface area contributed by atoms with Crippen LogP contribution in [0.2, 0.25) is 10.0 Å². The maximum Gasteiger partial charge on any atom is 0.240 e. The van der Waals surface area contributed by atoms with Gasteiger partial charge >= 0.3 is 0 Å². The second-order valence-corrected chi connectivity index (χ2v) is 7.82. The number of ether oxygens (including phenoxy) is 1. The van der Waals surface area contributed by atoms with E-state index in [0.29, 0.717) is 21.6 Å². The summed E-state index contributed by atoms with van der Waals surface area (Å²) in [4.78, 5) is 24.4. The third-order valence-corrected chi connectivity index (χ3v) is 5.75. The number of carbonyl (C=O) groups excluding carboxylic acids is 2. The molecule has 1 unspecified atom stereocenters. The van der Waals surface area contributed by atoms with Gasteiger partial charge in [0.25, 0.3) is 0 Å². The molecule has 0 saturated carbocycles. The molecule has 1 aliphatic rings. The summed E-state index contributed by atoms with van der Waals surface area (Å²) in [6.45, 7) is 0. The van der Waals surface area contributed by atoms with Gasteiger partial charge in [-0.15, -0.1) is 5.10 Å². The molecule has 0 spiro atoms. The van der Waals surface area contributed by atoms with Crippen molar-refractivity contribution in [3.05, 3.63) is 58.1 Å². The van der Waals surface area contributed by atoms with Crippen LogP contribution in [-0.2, 0) is 9.59 Å². The number of rotatable bonds is 6. The van der Waals surface area contributed by atoms with E-state index in [2.05, 4.69) is 20.8 Å². The van der Waals surface area contributed by atoms with E-state index in [-0.39, 0.29) is 23.3 Å². The van der Waals surface area contributed by atoms with Crippen LogP contribution in [0.25, 0.3) is 0 Å². The van der Waals surface area contributed by atoms with Crippen molar-refractivity contribution in [1.82, 2.24) is 5.32 Å². The summed E-state index contributed by atoms with van der Waals surface area (Å²) in [5.74, 6) is -0.0112. The van der Waals surface area contributed by atoms with Crippen LogP contribution in [0.1, 0.15) is 12.0 Å². The number of thioether (sulfide) groups is 1. The zero-order chi connectivity index (χ0) is 20.8. The Bertz CT molecular complexity index is 997. The summed E-state index contributed by atoms with van der Waals surface area (Å²) < 4.78 is 5.23. The molecule has 1 fully saturated rings. The lowest BCUT2D eigenvalue weighted by Gasteiger charge is -2.09. The number of methoxy groups -OCH3 is 1. The third-order valence-electron chi connectivity index (χ3n) is 3.86. The van der Waals surface area contributed by atoms with Gasteiger partial charge in [0.15, 0.2) is 5.17 Å². The first kappa shape index (κ1) is 21.2. The molecule has 7 nitrogen and oxygen atoms in total. The van der Waals surface area contributed by atoms with Crippen molar-refractivity contribution in [1.29, 1.82) is 0 Å². The van der Waals surface area contributed by atoms with Crippen LogP contribution in [0.15, 0.2) is 52.7 Å². The van der Waals surface area contributed by atoms with Crippen LogP contribution in [0.3, 0.4) is 0 Å². The minimum atomic E-state index is -0.617. The molecular weight excluding hydrogens is 435 g/mol. The zero-order valence-electron chi connectivity index (χ0n) is 15.2. The number of amides is 2. The van der Waals surface area contributed by atoms with Gasteiger partial charge in [-0.1, -0.05) is 53.2 Å². The highest BCUT2D eigenvalue weighted by Gasteiger charge is 2.32. The van der Waals surface area contributed by atoms with E-state index in [9.17, 15) is 9.59 Å². The number of nitrogens with zero attached hydrogens (tertiary/aromatic N) is 2. The van der Waals surface area contributed by atoms with E-state index in [1.807, 2.05) is 18.2 Å². The van der Waals surface area contributed by atoms with Crippen LogP contribution in [0, 0.1) is 0 Å². The van der Waals surface area contributed by atoms with Crippen molar-refractivity contribution in [2.24, 2.45) is 10.2 Å². The van der Waals surface area contributed by atoms with Gasteiger partial charge in [-0.2, -0.15) is 5.10 Å². The molecule has 2 amide bonds. The molecule has 1 saturated heterocycles. The fraction of sp³-hybridized carbons (Fsp3) is 0.158. The highest BCUT2D eigenvalue weighted by atomic mass is 35.5. The predicted octanol–water partition coefficient (Wildman–Crippen LogP) is 3.95. The third kappa shape index (κ3) is 5.50. The van der Waals surface area contributed by atoms with E-state index >= 15 is 0 Å². The number of carbonyl (C=O) groups is 2. The van der Waals surface area contributed by atoms with E-state index in [1.54, 1.807) is 31.4 Å². The van der Waals surface area contributed by atoms with Crippen molar-refractivity contribution >= 4 is 63.8 Å². The number of amidine groups is 1. The molecule has 1 aliphatic heterocycles. The van der Waals surface area contributed by atoms with E-state index < -0.39 is 5.25 Å². The average Bonchev–Trinajstić information content (AvgIpc) is 3.05. The standard InChI is InChI=1S/C19H16Cl2N4O3S/c1-28-14-8-3-2-5-11(14)10-22-25-19-24-18(27)15(29-19)9-16(26)23-13-7-4-6-12(20)17(13)21/h2-8,10,15H,9H2,1H3,(H,23,26)(H,24,25,27)/b22-10+. The molecule has 2 aromatic rings. The van der Waals surface area contributed by atoms with Crippen molar-refractivity contribution in [3.63, 3.8) is 0 Å². The summed E-state index contributed by atoms with van der Waals surface area (Å²) in [5, 5.41) is 13.5. The molecule has 0 aromatic heterocycles. The first-order valence-electron chi connectivity index (χ1n) is 8.43. The summed E-state index contributed by atoms with van der Waals surface area (Å²) in [6, 6.07) is 12.3. The van der Waals surface area contributed by atoms with E-state index in [4.69, 9.17) is 27.9 Å². The van der Waals surface area contributed by atoms with Crippen LogP contribution in [-0.4, -0.2) is 35.6 Å². The van der Waals surface area contributed by atoms with Crippen LogP contribution in [0.4, 0.5) is 5.69 Å². The van der Waals surface area contributed by atoms with Gasteiger partial charge in [-0.3, -0.25) is 9.59 Å². The summed E-state index contributed by atoms with van der Waals surface area (Å²) in [7, 11) is 1.57. The Kier molecular flexibility index (Phi) is 7.13. The van der Waals surface area contributed by atoms with Gasteiger partial charge in [0.05, 0.1) is 29.1 Å². The summed E-state index contributed by atoms with van der Waals surface area (Å²) in [6.07, 6.45) is 1.48. The number of para-hydroxylation sites is 1. The topological polar surface area (TPSA) is 92.2 Å². The molecule has 2 N–H and O–H groups in total. The summed E-state index contributed by atoms with van der Waals surface area (Å²) >= 11 is 13.1. The van der Waals surface area contributed by atoms with Crippen molar-refractivity contribution in [2.45, 2.75) is 11.7 Å². The molecule has 1 heterocycles. The van der Waals surface area contributed by atoms with Crippen molar-refractivity contribution < 1.29 is 14.3 Å². The molecule has 29 heavy (non-hydrogen) atoms. The Morgan fingerprint density at radius 1 is 1.28 bits per heavy atom. The lowest BCUT2D eigenvalue weighted by molar-refractivity contribution is -0.122. The quantitative estimate of drug-likeness (QED) is 0.514. The lowest BCUT2D eigenvalue weighted by Crippen LogP contribution is -2.28. The molecule has 3 rings (SSSR count). The molecular formula is C19H16Cl2N4O3S. The van der Waals surface area contributed by atoms with Gasteiger partial charge in [0.2, 0.25) is 11.8 Å². The van der Waals surface area contributed by atoms with E-state index in [0.717, 1.165) is 17.3 Å². The molecule has 0 aliphatic carbocycles. The Hall–Kier alpha value is -2.55. The minimum absolute atomic E-state index is 0.0470. The average molecular weight is 451 g/mol. The van der Waals surface area contributed by atoms with Gasteiger partial charge in [0.1, 0.15) is 11.0 Å². The fourth-order valence-corrected chi connectivity index (χ4v) is 3.74. The Morgan fingerprint density at radius 2 is 2.07 bits per heavy atom. The lowest BCUT2D eigenvalue weighted by atomic mass is 10.2. The Morgan fingerprint density at radius 3 is 2.86 bits per heavy atom. The monoisotopic (exact) mass is 450 g/mol. The number of hydrogen-bond acceptors (Lipinski definition) is 6. The minimum Gasteiger partial charge on any atom is -0.496 e. The molecule has 150 valence electrons. The summed E-state index contributed by atoms with van der Waals surface area (Å²) in [5.41, 5.74) is 1.14. The highest BCUT2D eigenvalue weighted by Crippen LogP contribution is 2.30. The first-order valence-corrected chi connectivity index (χ1v) is 10.1. The van der Waals surface area contributed by atoms with Gasteiger partial charge in [-0.05, 0) is 24.3 Å².